The molecule has 0 aliphatic carbocycles. The van der Waals surface area contributed by atoms with E-state index in [1.165, 1.54) is 6.07 Å². The molecule has 0 radical (unpaired) electrons. The maximum absolute atomic E-state index is 13.1. The molecule has 2 N–H and O–H groups in total. The molecule has 1 atom stereocenters. The van der Waals surface area contributed by atoms with Crippen LogP contribution in [-0.2, 0) is 0 Å². The van der Waals surface area contributed by atoms with E-state index in [0.717, 1.165) is 12.1 Å². The quantitative estimate of drug-likeness (QED) is 0.788. The lowest BCUT2D eigenvalue weighted by Gasteiger charge is -2.09. The van der Waals surface area contributed by atoms with Gasteiger partial charge in [0.2, 0.25) is 0 Å². The highest BCUT2D eigenvalue weighted by atomic mass is 19.1. The van der Waals surface area contributed by atoms with Crippen LogP contribution < -0.4 is 5.73 Å². The van der Waals surface area contributed by atoms with Crippen LogP contribution in [-0.4, -0.2) is 0 Å². The number of rotatable bonds is 2. The van der Waals surface area contributed by atoms with Crippen molar-refractivity contribution >= 4 is 0 Å². The van der Waals surface area contributed by atoms with E-state index in [2.05, 4.69) is 0 Å². The molecule has 1 aromatic rings. The van der Waals surface area contributed by atoms with Gasteiger partial charge in [-0.1, -0.05) is 6.92 Å². The third-order valence-electron chi connectivity index (χ3n) is 2.04. The van der Waals surface area contributed by atoms with Gasteiger partial charge in [0.1, 0.15) is 23.3 Å². The van der Waals surface area contributed by atoms with Crippen molar-refractivity contribution in [1.29, 1.82) is 5.26 Å². The van der Waals surface area contributed by atoms with Gasteiger partial charge in [0.25, 0.3) is 0 Å². The van der Waals surface area contributed by atoms with Gasteiger partial charge in [0, 0.05) is 6.04 Å². The summed E-state index contributed by atoms with van der Waals surface area (Å²) < 4.78 is 26.2. The molecule has 2 nitrogen and oxygen atoms in total. The first-order valence-electron chi connectivity index (χ1n) is 4.24. The maximum atomic E-state index is 13.1. The lowest BCUT2D eigenvalue weighted by molar-refractivity contribution is 0.565. The van der Waals surface area contributed by atoms with Gasteiger partial charge in [-0.15, -0.1) is 0 Å². The van der Waals surface area contributed by atoms with Crippen molar-refractivity contribution in [2.75, 3.05) is 0 Å². The van der Waals surface area contributed by atoms with Gasteiger partial charge in [-0.2, -0.15) is 5.26 Å². The molecule has 0 spiro atoms. The van der Waals surface area contributed by atoms with E-state index in [9.17, 15) is 8.78 Å². The molecule has 0 saturated carbocycles. The van der Waals surface area contributed by atoms with Gasteiger partial charge in [-0.05, 0) is 24.1 Å². The van der Waals surface area contributed by atoms with Crippen molar-refractivity contribution in [3.63, 3.8) is 0 Å². The van der Waals surface area contributed by atoms with Gasteiger partial charge in [0.15, 0.2) is 0 Å². The summed E-state index contributed by atoms with van der Waals surface area (Å²) in [5.41, 5.74) is 5.43. The topological polar surface area (TPSA) is 49.8 Å². The first-order valence-corrected chi connectivity index (χ1v) is 4.24. The van der Waals surface area contributed by atoms with Crippen molar-refractivity contribution < 1.29 is 8.78 Å². The lowest BCUT2D eigenvalue weighted by Crippen LogP contribution is -2.10. The van der Waals surface area contributed by atoms with Crippen molar-refractivity contribution in [2.45, 2.75) is 19.4 Å². The number of benzene rings is 1. The normalized spacial score (nSPS) is 12.2. The minimum Gasteiger partial charge on any atom is -0.324 e. The molecular weight excluding hydrogens is 186 g/mol. The zero-order chi connectivity index (χ0) is 10.7. The largest absolute Gasteiger partial charge is 0.324 e. The minimum atomic E-state index is -0.855. The van der Waals surface area contributed by atoms with Crippen LogP contribution in [0.25, 0.3) is 0 Å². The predicted molar refractivity (Wildman–Crippen MR) is 48.3 cm³/mol. The standard InChI is InChI=1S/C10H10F2N2/c1-2-10(14)6-3-8(11)7(5-13)9(12)4-6/h3-4,10H,2,14H2,1H3/t10-/m0/s1. The van der Waals surface area contributed by atoms with E-state index >= 15 is 0 Å². The molecule has 4 heteroatoms. The van der Waals surface area contributed by atoms with Crippen LogP contribution >= 0.6 is 0 Å². The summed E-state index contributed by atoms with van der Waals surface area (Å²) in [4.78, 5) is 0. The Hall–Kier alpha value is -1.47. The highest BCUT2D eigenvalue weighted by Crippen LogP contribution is 2.20. The van der Waals surface area contributed by atoms with Crippen LogP contribution in [0.2, 0.25) is 0 Å². The van der Waals surface area contributed by atoms with Crippen molar-refractivity contribution in [1.82, 2.24) is 0 Å². The van der Waals surface area contributed by atoms with Gasteiger partial charge in [-0.25, -0.2) is 8.78 Å². The Morgan fingerprint density at radius 2 is 1.93 bits per heavy atom. The second-order valence-corrected chi connectivity index (χ2v) is 2.99. The second kappa shape index (κ2) is 4.16. The summed E-state index contributed by atoms with van der Waals surface area (Å²) in [7, 11) is 0. The molecule has 0 aromatic heterocycles. The average molecular weight is 196 g/mol. The summed E-state index contributed by atoms with van der Waals surface area (Å²) in [6.07, 6.45) is 0.588. The van der Waals surface area contributed by atoms with Crippen LogP contribution in [0.3, 0.4) is 0 Å². The fourth-order valence-corrected chi connectivity index (χ4v) is 1.15. The van der Waals surface area contributed by atoms with E-state index in [-0.39, 0.29) is 0 Å². The minimum absolute atomic E-state index is 0.376. The highest BCUT2D eigenvalue weighted by molar-refractivity contribution is 5.36. The van der Waals surface area contributed by atoms with Crippen molar-refractivity contribution in [3.8, 4) is 6.07 Å². The van der Waals surface area contributed by atoms with E-state index in [4.69, 9.17) is 11.0 Å². The van der Waals surface area contributed by atoms with Crippen LogP contribution in [0.4, 0.5) is 8.78 Å². The van der Waals surface area contributed by atoms with Gasteiger partial charge in [0.05, 0.1) is 0 Å². The fraction of sp³-hybridized carbons (Fsp3) is 0.300. The predicted octanol–water partition coefficient (Wildman–Crippen LogP) is 2.25. The number of nitrogens with zero attached hydrogens (tertiary/aromatic N) is 1. The number of hydrogen-bond acceptors (Lipinski definition) is 2. The van der Waals surface area contributed by atoms with Crippen molar-refractivity contribution in [3.05, 3.63) is 34.9 Å². The number of halogens is 2. The zero-order valence-corrected chi connectivity index (χ0v) is 7.72. The molecule has 0 heterocycles. The molecule has 0 bridgehead atoms. The lowest BCUT2D eigenvalue weighted by atomic mass is 10.0. The Morgan fingerprint density at radius 1 is 1.43 bits per heavy atom. The third-order valence-corrected chi connectivity index (χ3v) is 2.04. The molecule has 74 valence electrons. The summed E-state index contributed by atoms with van der Waals surface area (Å²) in [5, 5.41) is 8.42. The molecule has 1 rings (SSSR count). The monoisotopic (exact) mass is 196 g/mol. The molecular formula is C10H10F2N2. The molecule has 0 unspecified atom stereocenters. The van der Waals surface area contributed by atoms with Crippen LogP contribution in [0.1, 0.15) is 30.5 Å². The third kappa shape index (κ3) is 1.88. The summed E-state index contributed by atoms with van der Waals surface area (Å²) in [6.45, 7) is 1.82. The fourth-order valence-electron chi connectivity index (χ4n) is 1.15. The molecule has 0 saturated heterocycles. The number of nitriles is 1. The maximum Gasteiger partial charge on any atom is 0.144 e. The van der Waals surface area contributed by atoms with Crippen LogP contribution in [0.15, 0.2) is 12.1 Å². The Labute approximate surface area is 81.0 Å². The smallest absolute Gasteiger partial charge is 0.144 e. The average Bonchev–Trinajstić information content (AvgIpc) is 2.16. The molecule has 0 aliphatic heterocycles. The SMILES string of the molecule is CC[C@H](N)c1cc(F)c(C#N)c(F)c1. The molecule has 0 fully saturated rings. The summed E-state index contributed by atoms with van der Waals surface area (Å²) in [5.74, 6) is -1.71. The van der Waals surface area contributed by atoms with Gasteiger partial charge < -0.3 is 5.73 Å². The second-order valence-electron chi connectivity index (χ2n) is 2.99. The van der Waals surface area contributed by atoms with Crippen molar-refractivity contribution in [2.24, 2.45) is 5.73 Å². The summed E-state index contributed by atoms with van der Waals surface area (Å²) >= 11 is 0. The first kappa shape index (κ1) is 10.6. The number of nitrogens with two attached hydrogens (primary N) is 1. The Morgan fingerprint density at radius 3 is 2.29 bits per heavy atom. The Bertz CT molecular complexity index is 359. The number of hydrogen-bond donors (Lipinski definition) is 1. The first-order chi connectivity index (χ1) is 6.60. The molecule has 0 amide bonds. The van der Waals surface area contributed by atoms with Gasteiger partial charge in [-0.3, -0.25) is 0 Å². The molecule has 0 aliphatic rings. The van der Waals surface area contributed by atoms with E-state index in [0.29, 0.717) is 12.0 Å². The zero-order valence-electron chi connectivity index (χ0n) is 7.72. The summed E-state index contributed by atoms with van der Waals surface area (Å²) in [6, 6.07) is 3.27. The van der Waals surface area contributed by atoms with E-state index in [1.54, 1.807) is 0 Å². The Kier molecular flexibility index (Phi) is 3.15. The van der Waals surface area contributed by atoms with Crippen LogP contribution in [0, 0.1) is 23.0 Å². The van der Waals surface area contributed by atoms with E-state index in [1.807, 2.05) is 6.92 Å². The molecule has 14 heavy (non-hydrogen) atoms. The highest BCUT2D eigenvalue weighted by Gasteiger charge is 2.13. The Balaban J connectivity index is 3.22. The van der Waals surface area contributed by atoms with E-state index < -0.39 is 23.2 Å². The van der Waals surface area contributed by atoms with Crippen LogP contribution in [0.5, 0.6) is 0 Å². The molecule has 1 aromatic carbocycles. The van der Waals surface area contributed by atoms with Gasteiger partial charge >= 0.3 is 0 Å².